The average molecular weight is 451 g/mol. The summed E-state index contributed by atoms with van der Waals surface area (Å²) in [5.41, 5.74) is 0.685. The molecule has 9 nitrogen and oxygen atoms in total. The highest BCUT2D eigenvalue weighted by atomic mass is 32.1. The molecule has 1 saturated heterocycles. The smallest absolute Gasteiger partial charge is 0.335 e. The number of carboxylic acids is 1. The fourth-order valence-corrected chi connectivity index (χ4v) is 4.16. The third kappa shape index (κ3) is 3.60. The quantitative estimate of drug-likeness (QED) is 0.344. The number of aryl methyl sites for hydroxylation is 1. The van der Waals surface area contributed by atoms with Gasteiger partial charge in [0.15, 0.2) is 0 Å². The van der Waals surface area contributed by atoms with Crippen molar-refractivity contribution in [3.8, 4) is 5.75 Å². The third-order valence-corrected chi connectivity index (χ3v) is 5.84. The number of aromatic nitrogens is 2. The fourth-order valence-electron chi connectivity index (χ4n) is 3.44. The first kappa shape index (κ1) is 21.2. The van der Waals surface area contributed by atoms with Crippen molar-refractivity contribution >= 4 is 39.9 Å². The molecule has 1 fully saturated rings. The van der Waals surface area contributed by atoms with Crippen LogP contribution in [0.1, 0.15) is 32.5 Å². The highest BCUT2D eigenvalue weighted by Gasteiger charge is 2.48. The van der Waals surface area contributed by atoms with Crippen LogP contribution in [0.4, 0.5) is 5.13 Å². The zero-order valence-corrected chi connectivity index (χ0v) is 17.8. The topological polar surface area (TPSA) is 130 Å². The van der Waals surface area contributed by atoms with Crippen molar-refractivity contribution in [1.82, 2.24) is 10.2 Å². The van der Waals surface area contributed by atoms with E-state index in [2.05, 4.69) is 10.2 Å². The van der Waals surface area contributed by atoms with Crippen molar-refractivity contribution in [2.24, 2.45) is 0 Å². The molecule has 0 spiro atoms. The molecule has 1 aromatic heterocycles. The van der Waals surface area contributed by atoms with Gasteiger partial charge in [0.25, 0.3) is 5.78 Å². The van der Waals surface area contributed by atoms with Gasteiger partial charge in [-0.2, -0.15) is 0 Å². The molecule has 2 aromatic carbocycles. The molecule has 10 heteroatoms. The van der Waals surface area contributed by atoms with Crippen LogP contribution in [0.3, 0.4) is 0 Å². The van der Waals surface area contributed by atoms with E-state index in [1.807, 2.05) is 0 Å². The molecular formula is C22H17N3O6S. The van der Waals surface area contributed by atoms with Crippen molar-refractivity contribution in [3.63, 3.8) is 0 Å². The standard InChI is InChI=1S/C22H17N3O6S/c1-11-23-24-22(32-11)25-17(12-3-5-14(6-4-12)21(29)30)16(19(27)20(25)28)18(26)13-7-9-15(31-2)10-8-13/h3-10,17,26H,1-2H3,(H,29,30). The van der Waals surface area contributed by atoms with E-state index in [-0.39, 0.29) is 22.0 Å². The van der Waals surface area contributed by atoms with E-state index in [0.717, 1.165) is 11.3 Å². The zero-order chi connectivity index (χ0) is 23.0. The number of anilines is 1. The van der Waals surface area contributed by atoms with Crippen LogP contribution >= 0.6 is 11.3 Å². The Morgan fingerprint density at radius 2 is 1.62 bits per heavy atom. The van der Waals surface area contributed by atoms with Crippen molar-refractivity contribution < 1.29 is 29.3 Å². The van der Waals surface area contributed by atoms with Crippen molar-refractivity contribution in [2.45, 2.75) is 13.0 Å². The van der Waals surface area contributed by atoms with Gasteiger partial charge in [0.05, 0.1) is 24.3 Å². The van der Waals surface area contributed by atoms with Gasteiger partial charge in [-0.1, -0.05) is 23.5 Å². The molecule has 32 heavy (non-hydrogen) atoms. The summed E-state index contributed by atoms with van der Waals surface area (Å²) in [6.45, 7) is 1.71. The first-order chi connectivity index (χ1) is 15.3. The van der Waals surface area contributed by atoms with E-state index < -0.39 is 23.7 Å². The minimum atomic E-state index is -1.11. The van der Waals surface area contributed by atoms with Crippen LogP contribution in [0.2, 0.25) is 0 Å². The van der Waals surface area contributed by atoms with Crippen molar-refractivity contribution in [2.75, 3.05) is 12.0 Å². The normalized spacial score (nSPS) is 17.6. The largest absolute Gasteiger partial charge is 0.507 e. The predicted octanol–water partition coefficient (Wildman–Crippen LogP) is 3.18. The number of benzene rings is 2. The number of carboxylic acid groups (broad SMARTS) is 1. The Bertz CT molecular complexity index is 1250. The third-order valence-electron chi connectivity index (χ3n) is 5.00. The summed E-state index contributed by atoms with van der Waals surface area (Å²) in [5, 5.41) is 28.9. The number of aliphatic hydroxyl groups is 1. The maximum Gasteiger partial charge on any atom is 0.335 e. The second-order valence-electron chi connectivity index (χ2n) is 6.93. The number of amides is 1. The summed E-state index contributed by atoms with van der Waals surface area (Å²) in [6.07, 6.45) is 0. The average Bonchev–Trinajstić information content (AvgIpc) is 3.34. The molecule has 1 unspecified atom stereocenters. The molecule has 0 bridgehead atoms. The molecule has 0 saturated carbocycles. The van der Waals surface area contributed by atoms with Gasteiger partial charge in [-0.05, 0) is 48.9 Å². The zero-order valence-electron chi connectivity index (χ0n) is 17.0. The molecule has 2 heterocycles. The lowest BCUT2D eigenvalue weighted by Crippen LogP contribution is -2.29. The first-order valence-electron chi connectivity index (χ1n) is 9.40. The number of ketones is 1. The number of nitrogens with zero attached hydrogens (tertiary/aromatic N) is 3. The molecule has 1 amide bonds. The molecule has 162 valence electrons. The maximum absolute atomic E-state index is 13.0. The van der Waals surface area contributed by atoms with Gasteiger partial charge in [0, 0.05) is 5.56 Å². The number of hydrogen-bond donors (Lipinski definition) is 2. The minimum absolute atomic E-state index is 0.0487. The first-order valence-corrected chi connectivity index (χ1v) is 10.2. The van der Waals surface area contributed by atoms with Crippen molar-refractivity contribution in [3.05, 3.63) is 75.8 Å². The molecule has 3 aromatic rings. The summed E-state index contributed by atoms with van der Waals surface area (Å²) in [5.74, 6) is -2.64. The number of rotatable bonds is 5. The Morgan fingerprint density at radius 3 is 2.16 bits per heavy atom. The SMILES string of the molecule is COc1ccc(C(O)=C2C(=O)C(=O)N(c3nnc(C)s3)C2c2ccc(C(=O)O)cc2)cc1. The number of carbonyl (C=O) groups is 3. The van der Waals surface area contributed by atoms with Crippen LogP contribution < -0.4 is 9.64 Å². The predicted molar refractivity (Wildman–Crippen MR) is 116 cm³/mol. The second kappa shape index (κ2) is 8.23. The maximum atomic E-state index is 13.0. The summed E-state index contributed by atoms with van der Waals surface area (Å²) < 4.78 is 5.12. The van der Waals surface area contributed by atoms with E-state index in [4.69, 9.17) is 4.74 Å². The molecule has 1 aliphatic heterocycles. The molecular weight excluding hydrogens is 434 g/mol. The van der Waals surface area contributed by atoms with Crippen molar-refractivity contribution in [1.29, 1.82) is 0 Å². The lowest BCUT2D eigenvalue weighted by atomic mass is 9.94. The van der Waals surface area contributed by atoms with E-state index in [9.17, 15) is 24.6 Å². The van der Waals surface area contributed by atoms with Crippen LogP contribution in [0.25, 0.3) is 5.76 Å². The van der Waals surface area contributed by atoms with Gasteiger partial charge < -0.3 is 14.9 Å². The Labute approximate surface area is 186 Å². The minimum Gasteiger partial charge on any atom is -0.507 e. The van der Waals surface area contributed by atoms with Crippen LogP contribution in [0, 0.1) is 6.92 Å². The van der Waals surface area contributed by atoms with E-state index in [1.54, 1.807) is 31.2 Å². The van der Waals surface area contributed by atoms with Crippen LogP contribution in [0.5, 0.6) is 5.75 Å². The number of methoxy groups -OCH3 is 1. The monoisotopic (exact) mass is 451 g/mol. The van der Waals surface area contributed by atoms with Gasteiger partial charge in [0.2, 0.25) is 5.13 Å². The van der Waals surface area contributed by atoms with Gasteiger partial charge in [-0.15, -0.1) is 10.2 Å². The summed E-state index contributed by atoms with van der Waals surface area (Å²) in [6, 6.07) is 11.1. The Kier molecular flexibility index (Phi) is 5.45. The highest BCUT2D eigenvalue weighted by Crippen LogP contribution is 2.43. The second-order valence-corrected chi connectivity index (χ2v) is 8.09. The summed E-state index contributed by atoms with van der Waals surface area (Å²) >= 11 is 1.13. The van der Waals surface area contributed by atoms with Gasteiger partial charge in [0.1, 0.15) is 16.5 Å². The highest BCUT2D eigenvalue weighted by molar-refractivity contribution is 7.15. The molecule has 2 N–H and O–H groups in total. The van der Waals surface area contributed by atoms with Gasteiger partial charge in [-0.3, -0.25) is 14.5 Å². The van der Waals surface area contributed by atoms with Gasteiger partial charge in [-0.25, -0.2) is 4.79 Å². The van der Waals surface area contributed by atoms with Crippen LogP contribution in [0.15, 0.2) is 54.1 Å². The Balaban J connectivity index is 1.90. The van der Waals surface area contributed by atoms with Gasteiger partial charge >= 0.3 is 11.9 Å². The van der Waals surface area contributed by atoms with Crippen LogP contribution in [-0.2, 0) is 9.59 Å². The Morgan fingerprint density at radius 1 is 1.00 bits per heavy atom. The lowest BCUT2D eigenvalue weighted by molar-refractivity contribution is -0.132. The lowest BCUT2D eigenvalue weighted by Gasteiger charge is -2.22. The van der Waals surface area contributed by atoms with E-state index in [0.29, 0.717) is 21.9 Å². The van der Waals surface area contributed by atoms with E-state index in [1.165, 1.54) is 36.3 Å². The summed E-state index contributed by atoms with van der Waals surface area (Å²) in [7, 11) is 1.51. The van der Waals surface area contributed by atoms with Crippen LogP contribution in [-0.4, -0.2) is 45.2 Å². The number of ether oxygens (including phenoxy) is 1. The molecule has 0 radical (unpaired) electrons. The number of Topliss-reactive ketones (excluding diaryl/α,β-unsaturated/α-hetero) is 1. The molecule has 1 aliphatic rings. The number of aliphatic hydroxyl groups excluding tert-OH is 1. The number of hydrogen-bond acceptors (Lipinski definition) is 8. The molecule has 0 aliphatic carbocycles. The number of aromatic carboxylic acids is 1. The number of carbonyl (C=O) groups excluding carboxylic acids is 2. The Hall–Kier alpha value is -4.05. The summed E-state index contributed by atoms with van der Waals surface area (Å²) in [4.78, 5) is 38.4. The molecule has 1 atom stereocenters. The fraction of sp³-hybridized carbons (Fsp3) is 0.136. The van der Waals surface area contributed by atoms with E-state index >= 15 is 0 Å². The molecule has 4 rings (SSSR count).